The highest BCUT2D eigenvalue weighted by Gasteiger charge is 2.18. The zero-order valence-electron chi connectivity index (χ0n) is 10.8. The number of carbonyl (C=O) groups excluding carboxylic acids is 1. The average molecular weight is 252 g/mol. The Balaban J connectivity index is 2.74. The number of rotatable bonds is 4. The predicted molar refractivity (Wildman–Crippen MR) is 75.5 cm³/mol. The fourth-order valence-corrected chi connectivity index (χ4v) is 1.54. The Bertz CT molecular complexity index is 416. The highest BCUT2D eigenvalue weighted by atomic mass is 32.2. The van der Waals surface area contributed by atoms with Crippen LogP contribution in [0.4, 0.5) is 5.69 Å². The van der Waals surface area contributed by atoms with Crippen molar-refractivity contribution >= 4 is 23.4 Å². The van der Waals surface area contributed by atoms with E-state index < -0.39 is 0 Å². The maximum atomic E-state index is 12.0. The zero-order valence-corrected chi connectivity index (χ0v) is 11.6. The van der Waals surface area contributed by atoms with Crippen LogP contribution >= 0.6 is 11.8 Å². The molecule has 0 aliphatic heterocycles. The van der Waals surface area contributed by atoms with Crippen molar-refractivity contribution in [2.75, 3.05) is 18.5 Å². The molecule has 1 rings (SSSR count). The van der Waals surface area contributed by atoms with Crippen LogP contribution in [0.25, 0.3) is 0 Å². The molecule has 0 bridgehead atoms. The lowest BCUT2D eigenvalue weighted by molar-refractivity contribution is 0.0951. The molecule has 0 saturated heterocycles. The zero-order chi connectivity index (χ0) is 13.1. The number of hydrogen-bond donors (Lipinski definition) is 2. The number of nitrogens with one attached hydrogen (secondary N) is 1. The third-order valence-corrected chi connectivity index (χ3v) is 3.93. The highest BCUT2D eigenvalue weighted by molar-refractivity contribution is 7.99. The fourth-order valence-electron chi connectivity index (χ4n) is 1.33. The van der Waals surface area contributed by atoms with Crippen molar-refractivity contribution in [3.05, 3.63) is 29.3 Å². The van der Waals surface area contributed by atoms with E-state index in [2.05, 4.69) is 19.2 Å². The summed E-state index contributed by atoms with van der Waals surface area (Å²) in [6.45, 7) is 6.76. The highest BCUT2D eigenvalue weighted by Crippen LogP contribution is 2.20. The topological polar surface area (TPSA) is 55.1 Å². The standard InChI is InChI=1S/C13H20N2OS/c1-9-5-6-11(14)10(7-9)12(16)15-8-13(2,3)17-4/h5-7H,8,14H2,1-4H3,(H,15,16). The van der Waals surface area contributed by atoms with E-state index in [1.165, 1.54) is 0 Å². The first-order valence-corrected chi connectivity index (χ1v) is 6.78. The van der Waals surface area contributed by atoms with Crippen LogP contribution in [0.2, 0.25) is 0 Å². The molecule has 0 aliphatic carbocycles. The normalized spacial score (nSPS) is 11.3. The van der Waals surface area contributed by atoms with E-state index in [9.17, 15) is 4.79 Å². The van der Waals surface area contributed by atoms with Gasteiger partial charge in [-0.2, -0.15) is 11.8 Å². The van der Waals surface area contributed by atoms with E-state index in [4.69, 9.17) is 5.73 Å². The van der Waals surface area contributed by atoms with Crippen LogP contribution in [0.3, 0.4) is 0 Å². The van der Waals surface area contributed by atoms with Gasteiger partial charge in [-0.15, -0.1) is 0 Å². The predicted octanol–water partition coefficient (Wildman–Crippen LogP) is 2.45. The molecule has 1 amide bonds. The Kier molecular flexibility index (Phi) is 4.46. The summed E-state index contributed by atoms with van der Waals surface area (Å²) in [7, 11) is 0. The molecule has 0 aliphatic rings. The van der Waals surface area contributed by atoms with E-state index >= 15 is 0 Å². The molecule has 1 aromatic carbocycles. The number of carbonyl (C=O) groups is 1. The quantitative estimate of drug-likeness (QED) is 0.809. The Labute approximate surface area is 107 Å². The van der Waals surface area contributed by atoms with Gasteiger partial charge in [-0.05, 0) is 39.2 Å². The average Bonchev–Trinajstić information content (AvgIpc) is 2.29. The molecule has 0 spiro atoms. The minimum absolute atomic E-state index is 0.0360. The molecule has 0 saturated carbocycles. The summed E-state index contributed by atoms with van der Waals surface area (Å²) in [6, 6.07) is 5.48. The van der Waals surface area contributed by atoms with Gasteiger partial charge in [-0.3, -0.25) is 4.79 Å². The van der Waals surface area contributed by atoms with Crippen LogP contribution in [0.15, 0.2) is 18.2 Å². The Hall–Kier alpha value is -1.16. The summed E-state index contributed by atoms with van der Waals surface area (Å²) in [5, 5.41) is 2.92. The first-order valence-electron chi connectivity index (χ1n) is 5.55. The minimum atomic E-state index is -0.103. The third kappa shape index (κ3) is 3.97. The summed E-state index contributed by atoms with van der Waals surface area (Å²) in [5.41, 5.74) is 7.91. The molecule has 0 aromatic heterocycles. The molecule has 0 fully saturated rings. The van der Waals surface area contributed by atoms with Gasteiger partial charge in [0.2, 0.25) is 0 Å². The van der Waals surface area contributed by atoms with Gasteiger partial charge < -0.3 is 11.1 Å². The fraction of sp³-hybridized carbons (Fsp3) is 0.462. The van der Waals surface area contributed by atoms with Crippen molar-refractivity contribution in [2.45, 2.75) is 25.5 Å². The molecule has 3 nitrogen and oxygen atoms in total. The summed E-state index contributed by atoms with van der Waals surface area (Å²) in [6.07, 6.45) is 2.03. The Morgan fingerprint density at radius 3 is 2.71 bits per heavy atom. The molecule has 1 aromatic rings. The van der Waals surface area contributed by atoms with Crippen LogP contribution in [-0.4, -0.2) is 23.5 Å². The van der Waals surface area contributed by atoms with E-state index in [-0.39, 0.29) is 10.7 Å². The summed E-state index contributed by atoms with van der Waals surface area (Å²) < 4.78 is 0.0360. The number of amides is 1. The third-order valence-electron chi connectivity index (χ3n) is 2.68. The van der Waals surface area contributed by atoms with Gasteiger partial charge >= 0.3 is 0 Å². The van der Waals surface area contributed by atoms with E-state index in [1.807, 2.05) is 25.3 Å². The second kappa shape index (κ2) is 5.45. The van der Waals surface area contributed by atoms with Crippen LogP contribution in [0.1, 0.15) is 29.8 Å². The second-order valence-corrected chi connectivity index (χ2v) is 6.25. The van der Waals surface area contributed by atoms with Crippen molar-refractivity contribution in [3.63, 3.8) is 0 Å². The van der Waals surface area contributed by atoms with E-state index in [0.29, 0.717) is 17.8 Å². The van der Waals surface area contributed by atoms with Gasteiger partial charge in [0.15, 0.2) is 0 Å². The summed E-state index contributed by atoms with van der Waals surface area (Å²) in [4.78, 5) is 12.0. The van der Waals surface area contributed by atoms with Gasteiger partial charge in [0.1, 0.15) is 0 Å². The van der Waals surface area contributed by atoms with Crippen LogP contribution in [-0.2, 0) is 0 Å². The smallest absolute Gasteiger partial charge is 0.253 e. The van der Waals surface area contributed by atoms with Gasteiger partial charge in [-0.1, -0.05) is 11.6 Å². The van der Waals surface area contributed by atoms with E-state index in [1.54, 1.807) is 17.8 Å². The lowest BCUT2D eigenvalue weighted by Gasteiger charge is -2.22. The first-order chi connectivity index (χ1) is 7.85. The second-order valence-electron chi connectivity index (χ2n) is 4.74. The number of hydrogen-bond acceptors (Lipinski definition) is 3. The lowest BCUT2D eigenvalue weighted by Crippen LogP contribution is -2.36. The van der Waals surface area contributed by atoms with Crippen molar-refractivity contribution in [2.24, 2.45) is 0 Å². The molecular weight excluding hydrogens is 232 g/mol. The lowest BCUT2D eigenvalue weighted by atomic mass is 10.1. The SMILES string of the molecule is CSC(C)(C)CNC(=O)c1cc(C)ccc1N. The van der Waals surface area contributed by atoms with Crippen molar-refractivity contribution in [3.8, 4) is 0 Å². The van der Waals surface area contributed by atoms with Crippen LogP contribution in [0.5, 0.6) is 0 Å². The number of benzene rings is 1. The van der Waals surface area contributed by atoms with Crippen molar-refractivity contribution in [1.29, 1.82) is 0 Å². The van der Waals surface area contributed by atoms with Gasteiger partial charge in [0.05, 0.1) is 5.56 Å². The molecule has 0 atom stereocenters. The minimum Gasteiger partial charge on any atom is -0.398 e. The Morgan fingerprint density at radius 1 is 1.47 bits per heavy atom. The molecule has 0 heterocycles. The van der Waals surface area contributed by atoms with Gasteiger partial charge in [0, 0.05) is 17.0 Å². The van der Waals surface area contributed by atoms with Crippen molar-refractivity contribution < 1.29 is 4.79 Å². The largest absolute Gasteiger partial charge is 0.398 e. The summed E-state index contributed by atoms with van der Waals surface area (Å²) >= 11 is 1.73. The van der Waals surface area contributed by atoms with Crippen LogP contribution in [0, 0.1) is 6.92 Å². The first kappa shape index (κ1) is 13.9. The number of nitrogen functional groups attached to an aromatic ring is 1. The monoisotopic (exact) mass is 252 g/mol. The van der Waals surface area contributed by atoms with Crippen LogP contribution < -0.4 is 11.1 Å². The maximum absolute atomic E-state index is 12.0. The van der Waals surface area contributed by atoms with E-state index in [0.717, 1.165) is 5.56 Å². The Morgan fingerprint density at radius 2 is 2.12 bits per heavy atom. The molecular formula is C13H20N2OS. The summed E-state index contributed by atoms with van der Waals surface area (Å²) in [5.74, 6) is -0.103. The molecule has 4 heteroatoms. The molecule has 0 unspecified atom stereocenters. The van der Waals surface area contributed by atoms with Gasteiger partial charge in [-0.25, -0.2) is 0 Å². The number of aryl methyl sites for hydroxylation is 1. The molecule has 94 valence electrons. The molecule has 3 N–H and O–H groups in total. The maximum Gasteiger partial charge on any atom is 0.253 e. The number of anilines is 1. The number of thioether (sulfide) groups is 1. The molecule has 0 radical (unpaired) electrons. The molecule has 17 heavy (non-hydrogen) atoms. The van der Waals surface area contributed by atoms with Crippen molar-refractivity contribution in [1.82, 2.24) is 5.32 Å². The van der Waals surface area contributed by atoms with Gasteiger partial charge in [0.25, 0.3) is 5.91 Å². The number of nitrogens with two attached hydrogens (primary N) is 1.